The van der Waals surface area contributed by atoms with Gasteiger partial charge < -0.3 is 9.13 Å². The van der Waals surface area contributed by atoms with Crippen molar-refractivity contribution in [2.45, 2.75) is 0 Å². The standard InChI is InChI=1S/C46H29N5S/c1-4-12-30(13-5-1)45-47-48-46(31-14-6-2-7-15-31)51(45)35-22-20-34(21-23-35)50-41-29-40-32(26-27-49(40)33-16-8-3-9-17-33)28-39(41)37-24-25-38-36-18-10-11-19-42(36)52-44(38)43(37)50/h1-29H. The molecule has 52 heavy (non-hydrogen) atoms. The highest BCUT2D eigenvalue weighted by Gasteiger charge is 2.21. The van der Waals surface area contributed by atoms with E-state index < -0.39 is 0 Å². The van der Waals surface area contributed by atoms with Crippen molar-refractivity contribution in [3.05, 3.63) is 176 Å². The molecule has 0 radical (unpaired) electrons. The normalized spacial score (nSPS) is 11.8. The molecule has 0 atom stereocenters. The summed E-state index contributed by atoms with van der Waals surface area (Å²) in [4.78, 5) is 0. The number of rotatable bonds is 5. The van der Waals surface area contributed by atoms with Gasteiger partial charge >= 0.3 is 0 Å². The first-order valence-corrected chi connectivity index (χ1v) is 18.2. The van der Waals surface area contributed by atoms with E-state index in [1.165, 1.54) is 52.9 Å². The molecular weight excluding hydrogens is 655 g/mol. The van der Waals surface area contributed by atoms with Gasteiger partial charge in [-0.25, -0.2) is 0 Å². The van der Waals surface area contributed by atoms with Crippen molar-refractivity contribution in [2.24, 2.45) is 0 Å². The predicted molar refractivity (Wildman–Crippen MR) is 216 cm³/mol. The van der Waals surface area contributed by atoms with Gasteiger partial charge in [0.2, 0.25) is 0 Å². The summed E-state index contributed by atoms with van der Waals surface area (Å²) in [5.41, 5.74) is 8.86. The van der Waals surface area contributed by atoms with Gasteiger partial charge in [-0.15, -0.1) is 21.5 Å². The van der Waals surface area contributed by atoms with E-state index >= 15 is 0 Å². The number of hydrogen-bond acceptors (Lipinski definition) is 3. The molecule has 0 aliphatic carbocycles. The summed E-state index contributed by atoms with van der Waals surface area (Å²) in [5.74, 6) is 1.61. The molecule has 0 saturated carbocycles. The highest BCUT2D eigenvalue weighted by molar-refractivity contribution is 7.26. The Labute approximate surface area is 302 Å². The molecule has 0 spiro atoms. The summed E-state index contributed by atoms with van der Waals surface area (Å²) < 4.78 is 9.52. The first kappa shape index (κ1) is 29.0. The quantitative estimate of drug-likeness (QED) is 0.181. The van der Waals surface area contributed by atoms with E-state index in [4.69, 9.17) is 10.2 Å². The van der Waals surface area contributed by atoms with E-state index in [0.717, 1.165) is 39.8 Å². The molecule has 0 amide bonds. The zero-order valence-corrected chi connectivity index (χ0v) is 28.7. The van der Waals surface area contributed by atoms with Gasteiger partial charge in [0.15, 0.2) is 11.6 Å². The first-order valence-electron chi connectivity index (χ1n) is 17.4. The molecule has 0 unspecified atom stereocenters. The van der Waals surface area contributed by atoms with Crippen LogP contribution in [0.2, 0.25) is 0 Å². The van der Waals surface area contributed by atoms with E-state index in [1.54, 1.807) is 0 Å². The number of thiophene rings is 1. The second-order valence-corrected chi connectivity index (χ2v) is 14.2. The highest BCUT2D eigenvalue weighted by Crippen LogP contribution is 2.44. The molecule has 0 aliphatic heterocycles. The van der Waals surface area contributed by atoms with Crippen LogP contribution in [0.1, 0.15) is 0 Å². The van der Waals surface area contributed by atoms with Crippen molar-refractivity contribution in [1.82, 2.24) is 23.9 Å². The SMILES string of the molecule is c1ccc(-c2nnc(-c3ccccc3)n2-c2ccc(-n3c4cc5c(ccn5-c5ccccc5)cc4c4ccc5c6ccccc6sc5c43)cc2)cc1. The lowest BCUT2D eigenvalue weighted by Gasteiger charge is -2.14. The van der Waals surface area contributed by atoms with Gasteiger partial charge in [-0.05, 0) is 60.7 Å². The number of para-hydroxylation sites is 1. The van der Waals surface area contributed by atoms with Crippen molar-refractivity contribution in [3.63, 3.8) is 0 Å². The van der Waals surface area contributed by atoms with Crippen LogP contribution < -0.4 is 0 Å². The number of benzene rings is 7. The summed E-state index contributed by atoms with van der Waals surface area (Å²) in [7, 11) is 0. The highest BCUT2D eigenvalue weighted by atomic mass is 32.1. The third-order valence-corrected chi connectivity index (χ3v) is 11.4. The second kappa shape index (κ2) is 11.4. The lowest BCUT2D eigenvalue weighted by molar-refractivity contribution is 1.07. The van der Waals surface area contributed by atoms with Crippen LogP contribution >= 0.6 is 11.3 Å². The average molecular weight is 684 g/mol. The fourth-order valence-electron chi connectivity index (χ4n) is 7.82. The molecule has 0 aliphatic rings. The molecule has 0 N–H and O–H groups in total. The van der Waals surface area contributed by atoms with Crippen molar-refractivity contribution in [2.75, 3.05) is 0 Å². The smallest absolute Gasteiger partial charge is 0.168 e. The van der Waals surface area contributed by atoms with Crippen LogP contribution in [-0.4, -0.2) is 23.9 Å². The minimum Gasteiger partial charge on any atom is -0.316 e. The molecule has 6 heteroatoms. The van der Waals surface area contributed by atoms with Crippen LogP contribution in [0.25, 0.3) is 92.7 Å². The fourth-order valence-corrected chi connectivity index (χ4v) is 9.06. The van der Waals surface area contributed by atoms with Gasteiger partial charge in [0.05, 0.1) is 21.3 Å². The van der Waals surface area contributed by atoms with Gasteiger partial charge in [0.1, 0.15) is 0 Å². The van der Waals surface area contributed by atoms with Crippen molar-refractivity contribution >= 4 is 64.2 Å². The fraction of sp³-hybridized carbons (Fsp3) is 0. The third-order valence-electron chi connectivity index (χ3n) is 10.2. The Hall–Kier alpha value is -6.76. The first-order chi connectivity index (χ1) is 25.8. The summed E-state index contributed by atoms with van der Waals surface area (Å²) >= 11 is 1.88. The summed E-state index contributed by atoms with van der Waals surface area (Å²) in [6.07, 6.45) is 2.18. The van der Waals surface area contributed by atoms with Gasteiger partial charge in [0, 0.05) is 66.0 Å². The third kappa shape index (κ3) is 4.35. The van der Waals surface area contributed by atoms with Gasteiger partial charge in [0.25, 0.3) is 0 Å². The number of nitrogens with zero attached hydrogens (tertiary/aromatic N) is 5. The van der Waals surface area contributed by atoms with Crippen LogP contribution in [0.15, 0.2) is 176 Å². The largest absolute Gasteiger partial charge is 0.316 e. The molecule has 11 rings (SSSR count). The number of fused-ring (bicyclic) bond motifs is 8. The molecule has 4 heterocycles. The number of aromatic nitrogens is 5. The lowest BCUT2D eigenvalue weighted by Crippen LogP contribution is -2.01. The molecule has 7 aromatic carbocycles. The zero-order chi connectivity index (χ0) is 34.2. The van der Waals surface area contributed by atoms with Crippen molar-refractivity contribution < 1.29 is 0 Å². The molecular formula is C46H29N5S. The van der Waals surface area contributed by atoms with E-state index in [-0.39, 0.29) is 0 Å². The maximum atomic E-state index is 4.71. The maximum absolute atomic E-state index is 4.71. The van der Waals surface area contributed by atoms with E-state index in [9.17, 15) is 0 Å². The van der Waals surface area contributed by atoms with Crippen molar-refractivity contribution in [1.29, 1.82) is 0 Å². The minimum absolute atomic E-state index is 0.806. The van der Waals surface area contributed by atoms with Crippen LogP contribution in [0.5, 0.6) is 0 Å². The van der Waals surface area contributed by atoms with Crippen LogP contribution in [0.3, 0.4) is 0 Å². The molecule has 0 bridgehead atoms. The van der Waals surface area contributed by atoms with Crippen LogP contribution in [0, 0.1) is 0 Å². The molecule has 244 valence electrons. The van der Waals surface area contributed by atoms with Crippen LogP contribution in [-0.2, 0) is 0 Å². The number of hydrogen-bond donors (Lipinski definition) is 0. The summed E-state index contributed by atoms with van der Waals surface area (Å²) in [6.45, 7) is 0. The van der Waals surface area contributed by atoms with Crippen molar-refractivity contribution in [3.8, 4) is 39.8 Å². The Bertz CT molecular complexity index is 3040. The van der Waals surface area contributed by atoms with Crippen LogP contribution in [0.4, 0.5) is 0 Å². The maximum Gasteiger partial charge on any atom is 0.168 e. The lowest BCUT2D eigenvalue weighted by atomic mass is 10.1. The van der Waals surface area contributed by atoms with E-state index in [2.05, 4.69) is 153 Å². The zero-order valence-electron chi connectivity index (χ0n) is 27.9. The summed E-state index contributed by atoms with van der Waals surface area (Å²) in [5, 5.41) is 15.7. The Kier molecular flexibility index (Phi) is 6.35. The minimum atomic E-state index is 0.806. The topological polar surface area (TPSA) is 40.6 Å². The Morgan fingerprint density at radius 2 is 1.02 bits per heavy atom. The average Bonchev–Trinajstić information content (AvgIpc) is 4.00. The monoisotopic (exact) mass is 683 g/mol. The molecule has 0 fully saturated rings. The Balaban J connectivity index is 1.18. The molecule has 11 aromatic rings. The predicted octanol–water partition coefficient (Wildman–Crippen LogP) is 12.0. The van der Waals surface area contributed by atoms with Gasteiger partial charge in [-0.2, -0.15) is 0 Å². The van der Waals surface area contributed by atoms with E-state index in [0.29, 0.717) is 0 Å². The summed E-state index contributed by atoms with van der Waals surface area (Å²) in [6, 6.07) is 60.4. The Morgan fingerprint density at radius 3 is 1.71 bits per heavy atom. The second-order valence-electron chi connectivity index (χ2n) is 13.2. The Morgan fingerprint density at radius 1 is 0.423 bits per heavy atom. The van der Waals surface area contributed by atoms with Gasteiger partial charge in [-0.3, -0.25) is 4.57 Å². The van der Waals surface area contributed by atoms with Gasteiger partial charge in [-0.1, -0.05) is 109 Å². The molecule has 5 nitrogen and oxygen atoms in total. The molecule has 4 aromatic heterocycles. The molecule has 0 saturated heterocycles. The van der Waals surface area contributed by atoms with E-state index in [1.807, 2.05) is 47.7 Å².